The Balaban J connectivity index is 1.52. The Labute approximate surface area is 151 Å². The molecule has 1 aliphatic rings. The third kappa shape index (κ3) is 4.65. The second kappa shape index (κ2) is 7.23. The van der Waals surface area contributed by atoms with E-state index in [1.165, 1.54) is 11.3 Å². The van der Waals surface area contributed by atoms with Crippen molar-refractivity contribution < 1.29 is 13.2 Å². The van der Waals surface area contributed by atoms with E-state index in [-0.39, 0.29) is 23.8 Å². The summed E-state index contributed by atoms with van der Waals surface area (Å²) in [6, 6.07) is 5.27. The van der Waals surface area contributed by atoms with Crippen molar-refractivity contribution in [2.45, 2.75) is 43.9 Å². The first kappa shape index (κ1) is 18.0. The van der Waals surface area contributed by atoms with Crippen LogP contribution < -0.4 is 10.0 Å². The molecule has 8 heteroatoms. The largest absolute Gasteiger partial charge is 0.302 e. The highest BCUT2D eigenvalue weighted by Gasteiger charge is 2.26. The van der Waals surface area contributed by atoms with Crippen molar-refractivity contribution in [2.24, 2.45) is 0 Å². The van der Waals surface area contributed by atoms with Crippen LogP contribution in [0.15, 0.2) is 28.5 Å². The number of sulfonamides is 1. The lowest BCUT2D eigenvalue weighted by Gasteiger charge is -2.10. The molecule has 2 aromatic rings. The van der Waals surface area contributed by atoms with Crippen LogP contribution in [-0.2, 0) is 14.8 Å². The van der Waals surface area contributed by atoms with Gasteiger partial charge in [0, 0.05) is 24.3 Å². The lowest BCUT2D eigenvalue weighted by atomic mass is 10.2. The van der Waals surface area contributed by atoms with Crippen LogP contribution in [0.1, 0.15) is 42.0 Å². The van der Waals surface area contributed by atoms with E-state index >= 15 is 0 Å². The lowest BCUT2D eigenvalue weighted by Crippen LogP contribution is -2.28. The third-order valence-electron chi connectivity index (χ3n) is 4.04. The quantitative estimate of drug-likeness (QED) is 0.774. The van der Waals surface area contributed by atoms with E-state index < -0.39 is 10.0 Å². The smallest absolute Gasteiger partial charge is 0.240 e. The number of carbonyl (C=O) groups excluding carboxylic acids is 1. The summed E-state index contributed by atoms with van der Waals surface area (Å²) in [4.78, 5) is 16.6. The molecule has 1 saturated carbocycles. The molecule has 0 radical (unpaired) electrons. The molecule has 1 heterocycles. The monoisotopic (exact) mass is 379 g/mol. The molecular weight excluding hydrogens is 358 g/mol. The van der Waals surface area contributed by atoms with Gasteiger partial charge in [-0.15, -0.1) is 11.3 Å². The fraction of sp³-hybridized carbons (Fsp3) is 0.412. The molecule has 6 nitrogen and oxygen atoms in total. The van der Waals surface area contributed by atoms with E-state index in [0.717, 1.165) is 24.1 Å². The van der Waals surface area contributed by atoms with Crippen LogP contribution in [0.4, 0.5) is 5.13 Å². The fourth-order valence-corrected chi connectivity index (χ4v) is 4.63. The maximum absolute atomic E-state index is 12.4. The van der Waals surface area contributed by atoms with Gasteiger partial charge in [0.05, 0.1) is 10.6 Å². The Kier molecular flexibility index (Phi) is 5.21. The number of aromatic nitrogens is 1. The molecule has 1 fully saturated rings. The topological polar surface area (TPSA) is 88.2 Å². The third-order valence-corrected chi connectivity index (χ3v) is 6.42. The summed E-state index contributed by atoms with van der Waals surface area (Å²) in [7, 11) is -3.62. The summed E-state index contributed by atoms with van der Waals surface area (Å²) in [6.45, 7) is 3.64. The van der Waals surface area contributed by atoms with E-state index in [2.05, 4.69) is 15.0 Å². The summed E-state index contributed by atoms with van der Waals surface area (Å²) in [6.07, 6.45) is 2.39. The SMILES string of the molecule is Cc1ccc(C)c(S(=O)(=O)NCCC(=O)Nc2nc(C3CC3)cs2)c1. The number of anilines is 1. The molecule has 0 unspecified atom stereocenters. The van der Waals surface area contributed by atoms with Crippen molar-refractivity contribution in [3.8, 4) is 0 Å². The molecule has 1 aromatic heterocycles. The molecule has 0 saturated heterocycles. The molecule has 0 bridgehead atoms. The number of rotatable bonds is 7. The van der Waals surface area contributed by atoms with E-state index in [4.69, 9.17) is 0 Å². The van der Waals surface area contributed by atoms with Crippen molar-refractivity contribution in [1.82, 2.24) is 9.71 Å². The number of hydrogen-bond donors (Lipinski definition) is 2. The van der Waals surface area contributed by atoms with Gasteiger partial charge in [-0.1, -0.05) is 12.1 Å². The van der Waals surface area contributed by atoms with Gasteiger partial charge in [0.15, 0.2) is 5.13 Å². The second-order valence-corrected chi connectivity index (χ2v) is 8.91. The van der Waals surface area contributed by atoms with Crippen LogP contribution in [0.5, 0.6) is 0 Å². The molecule has 1 aliphatic carbocycles. The van der Waals surface area contributed by atoms with Crippen LogP contribution >= 0.6 is 11.3 Å². The van der Waals surface area contributed by atoms with Crippen LogP contribution in [-0.4, -0.2) is 25.9 Å². The molecule has 2 N–H and O–H groups in total. The number of amides is 1. The Morgan fingerprint density at radius 1 is 1.32 bits per heavy atom. The number of nitrogens with zero attached hydrogens (tertiary/aromatic N) is 1. The predicted molar refractivity (Wildman–Crippen MR) is 98.4 cm³/mol. The van der Waals surface area contributed by atoms with Crippen molar-refractivity contribution in [1.29, 1.82) is 0 Å². The molecule has 134 valence electrons. The molecule has 1 aromatic carbocycles. The van der Waals surface area contributed by atoms with Gasteiger partial charge in [-0.05, 0) is 43.9 Å². The van der Waals surface area contributed by atoms with Gasteiger partial charge < -0.3 is 5.32 Å². The molecule has 0 aliphatic heterocycles. The Bertz CT molecular complexity index is 886. The number of carbonyl (C=O) groups is 1. The minimum Gasteiger partial charge on any atom is -0.302 e. The van der Waals surface area contributed by atoms with Gasteiger partial charge in [-0.2, -0.15) is 0 Å². The molecule has 25 heavy (non-hydrogen) atoms. The molecule has 0 atom stereocenters. The second-order valence-electron chi connectivity index (χ2n) is 6.32. The maximum atomic E-state index is 12.4. The highest BCUT2D eigenvalue weighted by Crippen LogP contribution is 2.40. The maximum Gasteiger partial charge on any atom is 0.240 e. The van der Waals surface area contributed by atoms with Crippen molar-refractivity contribution in [3.63, 3.8) is 0 Å². The van der Waals surface area contributed by atoms with Gasteiger partial charge in [-0.3, -0.25) is 4.79 Å². The van der Waals surface area contributed by atoms with Crippen molar-refractivity contribution in [2.75, 3.05) is 11.9 Å². The van der Waals surface area contributed by atoms with Gasteiger partial charge in [0.1, 0.15) is 0 Å². The zero-order valence-electron chi connectivity index (χ0n) is 14.2. The number of nitrogens with one attached hydrogen (secondary N) is 2. The van der Waals surface area contributed by atoms with Gasteiger partial charge >= 0.3 is 0 Å². The summed E-state index contributed by atoms with van der Waals surface area (Å²) >= 11 is 1.40. The molecule has 0 spiro atoms. The minimum absolute atomic E-state index is 0.0441. The van der Waals surface area contributed by atoms with Crippen molar-refractivity contribution >= 4 is 32.4 Å². The fourth-order valence-electron chi connectivity index (χ4n) is 2.47. The highest BCUT2D eigenvalue weighted by molar-refractivity contribution is 7.89. The summed E-state index contributed by atoms with van der Waals surface area (Å²) in [5, 5.41) is 5.27. The lowest BCUT2D eigenvalue weighted by molar-refractivity contribution is -0.116. The average Bonchev–Trinajstić information content (AvgIpc) is 3.30. The number of benzene rings is 1. The number of thiazole rings is 1. The summed E-state index contributed by atoms with van der Waals surface area (Å²) < 4.78 is 27.2. The van der Waals surface area contributed by atoms with Crippen molar-refractivity contribution in [3.05, 3.63) is 40.4 Å². The van der Waals surface area contributed by atoms with Gasteiger partial charge in [-0.25, -0.2) is 18.1 Å². The van der Waals surface area contributed by atoms with Gasteiger partial charge in [0.2, 0.25) is 15.9 Å². The minimum atomic E-state index is -3.62. The Hall–Kier alpha value is -1.77. The molecule has 1 amide bonds. The van der Waals surface area contributed by atoms with Gasteiger partial charge in [0.25, 0.3) is 0 Å². The zero-order valence-corrected chi connectivity index (χ0v) is 15.8. The van der Waals surface area contributed by atoms with E-state index in [0.29, 0.717) is 16.6 Å². The first-order valence-corrected chi connectivity index (χ1v) is 10.5. The average molecular weight is 380 g/mol. The van der Waals surface area contributed by atoms with E-state index in [1.807, 2.05) is 18.4 Å². The zero-order chi connectivity index (χ0) is 18.0. The highest BCUT2D eigenvalue weighted by atomic mass is 32.2. The normalized spacial score (nSPS) is 14.5. The van der Waals surface area contributed by atoms with Crippen LogP contribution in [0.3, 0.4) is 0 Å². The molecular formula is C17H21N3O3S2. The number of aryl methyl sites for hydroxylation is 2. The van der Waals surface area contributed by atoms with E-state index in [1.54, 1.807) is 19.1 Å². The first-order valence-electron chi connectivity index (χ1n) is 8.17. The summed E-state index contributed by atoms with van der Waals surface area (Å²) in [5.41, 5.74) is 2.59. The van der Waals surface area contributed by atoms with Crippen LogP contribution in [0.25, 0.3) is 0 Å². The Morgan fingerprint density at radius 2 is 2.08 bits per heavy atom. The standard InChI is InChI=1S/C17H21N3O3S2/c1-11-3-4-12(2)15(9-11)25(22,23)18-8-7-16(21)20-17-19-14(10-24-17)13-5-6-13/h3-4,9-10,13,18H,5-8H2,1-2H3,(H,19,20,21). The molecule has 3 rings (SSSR count). The van der Waals surface area contributed by atoms with Crippen LogP contribution in [0, 0.1) is 13.8 Å². The van der Waals surface area contributed by atoms with Crippen LogP contribution in [0.2, 0.25) is 0 Å². The Morgan fingerprint density at radius 3 is 2.80 bits per heavy atom. The number of hydrogen-bond acceptors (Lipinski definition) is 5. The first-order chi connectivity index (χ1) is 11.8. The summed E-state index contributed by atoms with van der Waals surface area (Å²) in [5.74, 6) is 0.298. The predicted octanol–water partition coefficient (Wildman–Crippen LogP) is 2.94. The van der Waals surface area contributed by atoms with E-state index in [9.17, 15) is 13.2 Å².